The minimum Gasteiger partial charge on any atom is -0.115 e. The van der Waals surface area contributed by atoms with Gasteiger partial charge in [-0.3, -0.25) is 0 Å². The van der Waals surface area contributed by atoms with E-state index in [0.717, 1.165) is 10.6 Å². The van der Waals surface area contributed by atoms with Crippen molar-refractivity contribution >= 4 is 11.6 Å². The predicted molar refractivity (Wildman–Crippen MR) is 65.2 cm³/mol. The molecule has 0 aliphatic heterocycles. The molecule has 1 aliphatic carbocycles. The molecule has 1 saturated carbocycles. The van der Waals surface area contributed by atoms with Gasteiger partial charge in [0, 0.05) is 10.6 Å². The molecule has 0 amide bonds. The highest BCUT2D eigenvalue weighted by Crippen LogP contribution is 2.36. The Kier molecular flexibility index (Phi) is 3.34. The van der Waals surface area contributed by atoms with Gasteiger partial charge in [0.05, 0.1) is 0 Å². The molecule has 0 unspecified atom stereocenters. The molecule has 0 nitrogen and oxygen atoms in total. The molecule has 1 aliphatic rings. The normalized spacial score (nSPS) is 17.3. The maximum absolute atomic E-state index is 6.25. The van der Waals surface area contributed by atoms with Crippen LogP contribution in [0.4, 0.5) is 0 Å². The van der Waals surface area contributed by atoms with Crippen molar-refractivity contribution in [1.29, 1.82) is 0 Å². The Hall–Kier alpha value is -0.930. The Bertz CT molecular complexity index is 381. The topological polar surface area (TPSA) is 0 Å². The van der Waals surface area contributed by atoms with Gasteiger partial charge in [0.1, 0.15) is 0 Å². The summed E-state index contributed by atoms with van der Waals surface area (Å²) >= 11 is 6.25. The van der Waals surface area contributed by atoms with Crippen LogP contribution in [-0.4, -0.2) is 0 Å². The first-order valence-electron chi connectivity index (χ1n) is 5.57. The Labute approximate surface area is 96.6 Å². The number of rotatable bonds is 1. The largest absolute Gasteiger partial charge is 0.115 e. The van der Waals surface area contributed by atoms with E-state index in [4.69, 9.17) is 18.0 Å². The Morgan fingerprint density at radius 2 is 1.93 bits per heavy atom. The van der Waals surface area contributed by atoms with Crippen molar-refractivity contribution in [2.75, 3.05) is 0 Å². The summed E-state index contributed by atoms with van der Waals surface area (Å²) in [7, 11) is 0. The number of hydrogen-bond donors (Lipinski definition) is 0. The molecular formula is C14H15Cl. The van der Waals surface area contributed by atoms with Crippen molar-refractivity contribution in [2.45, 2.75) is 38.0 Å². The van der Waals surface area contributed by atoms with E-state index in [0.29, 0.717) is 5.92 Å². The fraction of sp³-hybridized carbons (Fsp3) is 0.429. The van der Waals surface area contributed by atoms with E-state index in [1.807, 2.05) is 12.1 Å². The maximum atomic E-state index is 6.25. The summed E-state index contributed by atoms with van der Waals surface area (Å²) in [4.78, 5) is 0. The molecule has 0 heterocycles. The predicted octanol–water partition coefficient (Wildman–Crippen LogP) is 4.37. The Morgan fingerprint density at radius 3 is 2.53 bits per heavy atom. The zero-order chi connectivity index (χ0) is 10.7. The summed E-state index contributed by atoms with van der Waals surface area (Å²) in [6.45, 7) is 0. The van der Waals surface area contributed by atoms with Gasteiger partial charge in [-0.05, 0) is 36.5 Å². The fourth-order valence-electron chi connectivity index (χ4n) is 2.36. The molecule has 0 bridgehead atoms. The van der Waals surface area contributed by atoms with E-state index in [1.165, 1.54) is 37.7 Å². The van der Waals surface area contributed by atoms with Crippen LogP contribution in [0.15, 0.2) is 18.2 Å². The molecule has 15 heavy (non-hydrogen) atoms. The molecule has 1 aromatic carbocycles. The van der Waals surface area contributed by atoms with E-state index in [9.17, 15) is 0 Å². The molecule has 0 aromatic heterocycles. The molecule has 1 fully saturated rings. The van der Waals surface area contributed by atoms with Gasteiger partial charge >= 0.3 is 0 Å². The zero-order valence-corrected chi connectivity index (χ0v) is 9.56. The minimum atomic E-state index is 0.651. The second kappa shape index (κ2) is 4.73. The summed E-state index contributed by atoms with van der Waals surface area (Å²) in [5, 5.41) is 0.845. The van der Waals surface area contributed by atoms with Gasteiger partial charge in [0.25, 0.3) is 0 Å². The van der Waals surface area contributed by atoms with Gasteiger partial charge in [-0.15, -0.1) is 6.42 Å². The quantitative estimate of drug-likeness (QED) is 0.614. The minimum absolute atomic E-state index is 0.651. The van der Waals surface area contributed by atoms with Gasteiger partial charge < -0.3 is 0 Å². The number of halogens is 1. The lowest BCUT2D eigenvalue weighted by Gasteiger charge is -2.22. The van der Waals surface area contributed by atoms with E-state index < -0.39 is 0 Å². The molecule has 0 spiro atoms. The first-order valence-corrected chi connectivity index (χ1v) is 5.95. The molecule has 0 N–H and O–H groups in total. The van der Waals surface area contributed by atoms with Crippen LogP contribution in [-0.2, 0) is 0 Å². The van der Waals surface area contributed by atoms with Crippen molar-refractivity contribution in [3.63, 3.8) is 0 Å². The highest BCUT2D eigenvalue weighted by atomic mass is 35.5. The number of benzene rings is 1. The van der Waals surface area contributed by atoms with Crippen LogP contribution in [0.1, 0.15) is 49.1 Å². The van der Waals surface area contributed by atoms with Crippen molar-refractivity contribution < 1.29 is 0 Å². The summed E-state index contributed by atoms with van der Waals surface area (Å²) in [5.41, 5.74) is 2.16. The van der Waals surface area contributed by atoms with Gasteiger partial charge in [0.15, 0.2) is 0 Å². The number of terminal acetylenes is 1. The molecule has 0 saturated heterocycles. The smallest absolute Gasteiger partial charge is 0.0453 e. The lowest BCUT2D eigenvalue weighted by Crippen LogP contribution is -2.05. The van der Waals surface area contributed by atoms with Gasteiger partial charge in [-0.25, -0.2) is 0 Å². The van der Waals surface area contributed by atoms with Crippen LogP contribution in [0.3, 0.4) is 0 Å². The lowest BCUT2D eigenvalue weighted by atomic mass is 9.84. The van der Waals surface area contributed by atoms with Gasteiger partial charge in [-0.1, -0.05) is 42.9 Å². The van der Waals surface area contributed by atoms with Crippen molar-refractivity contribution in [2.24, 2.45) is 0 Å². The third-order valence-electron chi connectivity index (χ3n) is 3.21. The maximum Gasteiger partial charge on any atom is 0.0453 e. The summed E-state index contributed by atoms with van der Waals surface area (Å²) in [6, 6.07) is 6.01. The van der Waals surface area contributed by atoms with Crippen LogP contribution in [0, 0.1) is 12.3 Å². The first-order chi connectivity index (χ1) is 7.31. The van der Waals surface area contributed by atoms with Crippen LogP contribution in [0.25, 0.3) is 0 Å². The molecule has 78 valence electrons. The van der Waals surface area contributed by atoms with Crippen LogP contribution < -0.4 is 0 Å². The van der Waals surface area contributed by atoms with Crippen LogP contribution >= 0.6 is 11.6 Å². The van der Waals surface area contributed by atoms with Crippen LogP contribution in [0.2, 0.25) is 5.02 Å². The highest BCUT2D eigenvalue weighted by molar-refractivity contribution is 6.31. The zero-order valence-electron chi connectivity index (χ0n) is 8.80. The van der Waals surface area contributed by atoms with E-state index in [1.54, 1.807) is 0 Å². The summed E-state index contributed by atoms with van der Waals surface area (Å²) in [5.74, 6) is 3.26. The summed E-state index contributed by atoms with van der Waals surface area (Å²) < 4.78 is 0. The number of hydrogen-bond acceptors (Lipinski definition) is 0. The second-order valence-electron chi connectivity index (χ2n) is 4.22. The van der Waals surface area contributed by atoms with E-state index >= 15 is 0 Å². The van der Waals surface area contributed by atoms with Gasteiger partial charge in [0.2, 0.25) is 0 Å². The molecule has 0 radical (unpaired) electrons. The lowest BCUT2D eigenvalue weighted by molar-refractivity contribution is 0.444. The average molecular weight is 219 g/mol. The van der Waals surface area contributed by atoms with E-state index in [-0.39, 0.29) is 0 Å². The average Bonchev–Trinajstić information content (AvgIpc) is 2.30. The first kappa shape index (κ1) is 10.6. The van der Waals surface area contributed by atoms with Gasteiger partial charge in [-0.2, -0.15) is 0 Å². The SMILES string of the molecule is C#Cc1ccc(C2CCCCC2)c(Cl)c1. The molecular weight excluding hydrogens is 204 g/mol. The summed E-state index contributed by atoms with van der Waals surface area (Å²) in [6.07, 6.45) is 11.9. The van der Waals surface area contributed by atoms with Crippen LogP contribution in [0.5, 0.6) is 0 Å². The van der Waals surface area contributed by atoms with E-state index in [2.05, 4.69) is 12.0 Å². The fourth-order valence-corrected chi connectivity index (χ4v) is 2.70. The monoisotopic (exact) mass is 218 g/mol. The highest BCUT2D eigenvalue weighted by Gasteiger charge is 2.17. The molecule has 2 rings (SSSR count). The third kappa shape index (κ3) is 2.36. The standard InChI is InChI=1S/C14H15Cl/c1-2-11-8-9-13(14(15)10-11)12-6-4-3-5-7-12/h1,8-10,12H,3-7H2. The third-order valence-corrected chi connectivity index (χ3v) is 3.54. The van der Waals surface area contributed by atoms with Crippen molar-refractivity contribution in [3.8, 4) is 12.3 Å². The second-order valence-corrected chi connectivity index (χ2v) is 4.62. The molecule has 1 aromatic rings. The Balaban J connectivity index is 2.24. The molecule has 1 heteroatoms. The Morgan fingerprint density at radius 1 is 1.20 bits per heavy atom. The van der Waals surface area contributed by atoms with Crippen molar-refractivity contribution in [1.82, 2.24) is 0 Å². The molecule has 0 atom stereocenters. The van der Waals surface area contributed by atoms with Crippen molar-refractivity contribution in [3.05, 3.63) is 34.3 Å².